The standard InChI is InChI=1S/C16H26N2O3/c1-5-9-18(11-16(2,3)10-17)15(20)12-7-6-8-13(21-4)14(12)19/h6-8,19H,5,9-11,17H2,1-4H3. The maximum atomic E-state index is 12.7. The van der Waals surface area contributed by atoms with Crippen LogP contribution in [0.25, 0.3) is 0 Å². The molecule has 0 aliphatic rings. The van der Waals surface area contributed by atoms with Crippen LogP contribution >= 0.6 is 0 Å². The number of para-hydroxylation sites is 1. The number of hydrogen-bond acceptors (Lipinski definition) is 4. The van der Waals surface area contributed by atoms with Crippen molar-refractivity contribution in [2.24, 2.45) is 11.1 Å². The van der Waals surface area contributed by atoms with Crippen LogP contribution in [-0.4, -0.2) is 42.7 Å². The fourth-order valence-corrected chi connectivity index (χ4v) is 2.13. The molecule has 0 radical (unpaired) electrons. The van der Waals surface area contributed by atoms with Gasteiger partial charge in [0.25, 0.3) is 5.91 Å². The maximum absolute atomic E-state index is 12.7. The van der Waals surface area contributed by atoms with Gasteiger partial charge in [-0.2, -0.15) is 0 Å². The number of amides is 1. The van der Waals surface area contributed by atoms with Gasteiger partial charge in [0.05, 0.1) is 12.7 Å². The van der Waals surface area contributed by atoms with Gasteiger partial charge in [-0.1, -0.05) is 26.8 Å². The number of carbonyl (C=O) groups excluding carboxylic acids is 1. The number of benzene rings is 1. The first-order valence-corrected chi connectivity index (χ1v) is 7.21. The second-order valence-corrected chi connectivity index (χ2v) is 5.95. The molecule has 0 unspecified atom stereocenters. The summed E-state index contributed by atoms with van der Waals surface area (Å²) in [5.74, 6) is -0.0122. The number of phenolic OH excluding ortho intramolecular Hbond substituents is 1. The van der Waals surface area contributed by atoms with Gasteiger partial charge in [-0.15, -0.1) is 0 Å². The molecule has 118 valence electrons. The second-order valence-electron chi connectivity index (χ2n) is 5.95. The minimum Gasteiger partial charge on any atom is -0.504 e. The highest BCUT2D eigenvalue weighted by Gasteiger charge is 2.26. The predicted molar refractivity (Wildman–Crippen MR) is 83.7 cm³/mol. The zero-order valence-electron chi connectivity index (χ0n) is 13.3. The van der Waals surface area contributed by atoms with Crippen molar-refractivity contribution in [3.05, 3.63) is 23.8 Å². The number of carbonyl (C=O) groups is 1. The number of rotatable bonds is 7. The summed E-state index contributed by atoms with van der Waals surface area (Å²) in [4.78, 5) is 14.4. The molecular weight excluding hydrogens is 268 g/mol. The third-order valence-electron chi connectivity index (χ3n) is 3.40. The Morgan fingerprint density at radius 3 is 2.62 bits per heavy atom. The summed E-state index contributed by atoms with van der Waals surface area (Å²) < 4.78 is 5.06. The summed E-state index contributed by atoms with van der Waals surface area (Å²) >= 11 is 0. The van der Waals surface area contributed by atoms with E-state index in [1.54, 1.807) is 23.1 Å². The molecule has 5 heteroatoms. The van der Waals surface area contributed by atoms with E-state index in [0.717, 1.165) is 6.42 Å². The quantitative estimate of drug-likeness (QED) is 0.808. The number of ether oxygens (including phenoxy) is 1. The van der Waals surface area contributed by atoms with Gasteiger partial charge in [-0.05, 0) is 30.5 Å². The molecule has 0 saturated heterocycles. The lowest BCUT2D eigenvalue weighted by atomic mass is 9.92. The van der Waals surface area contributed by atoms with Crippen molar-refractivity contribution in [1.82, 2.24) is 4.90 Å². The van der Waals surface area contributed by atoms with Gasteiger partial charge in [-0.3, -0.25) is 4.79 Å². The lowest BCUT2D eigenvalue weighted by molar-refractivity contribution is 0.0686. The van der Waals surface area contributed by atoms with Crippen LogP contribution in [-0.2, 0) is 0 Å². The molecule has 0 bridgehead atoms. The molecule has 0 aromatic heterocycles. The van der Waals surface area contributed by atoms with Crippen molar-refractivity contribution < 1.29 is 14.6 Å². The Balaban J connectivity index is 3.06. The number of aromatic hydroxyl groups is 1. The molecule has 0 aliphatic heterocycles. The van der Waals surface area contributed by atoms with E-state index in [2.05, 4.69) is 0 Å². The Bertz CT molecular complexity index is 486. The Hall–Kier alpha value is -1.75. The molecule has 5 nitrogen and oxygen atoms in total. The Kier molecular flexibility index (Phi) is 6.03. The highest BCUT2D eigenvalue weighted by Crippen LogP contribution is 2.30. The van der Waals surface area contributed by atoms with Crippen molar-refractivity contribution in [3.8, 4) is 11.5 Å². The van der Waals surface area contributed by atoms with Gasteiger partial charge >= 0.3 is 0 Å². The highest BCUT2D eigenvalue weighted by molar-refractivity contribution is 5.97. The molecule has 1 aromatic carbocycles. The zero-order chi connectivity index (χ0) is 16.0. The van der Waals surface area contributed by atoms with Gasteiger partial charge in [0.1, 0.15) is 0 Å². The van der Waals surface area contributed by atoms with Crippen molar-refractivity contribution in [2.45, 2.75) is 27.2 Å². The minimum atomic E-state index is -0.199. The van der Waals surface area contributed by atoms with E-state index in [1.807, 2.05) is 20.8 Å². The predicted octanol–water partition coefficient (Wildman–Crippen LogP) is 2.24. The van der Waals surface area contributed by atoms with Crippen LogP contribution in [0.4, 0.5) is 0 Å². The molecule has 0 fully saturated rings. The molecule has 3 N–H and O–H groups in total. The summed E-state index contributed by atoms with van der Waals surface area (Å²) in [6.45, 7) is 7.72. The molecule has 0 atom stereocenters. The van der Waals surface area contributed by atoms with Crippen LogP contribution in [0.3, 0.4) is 0 Å². The molecule has 0 saturated carbocycles. The van der Waals surface area contributed by atoms with E-state index < -0.39 is 0 Å². The number of hydrogen-bond donors (Lipinski definition) is 2. The van der Waals surface area contributed by atoms with Crippen LogP contribution in [0.15, 0.2) is 18.2 Å². The lowest BCUT2D eigenvalue weighted by Crippen LogP contribution is -2.42. The van der Waals surface area contributed by atoms with E-state index in [9.17, 15) is 9.90 Å². The van der Waals surface area contributed by atoms with E-state index in [0.29, 0.717) is 25.4 Å². The molecular formula is C16H26N2O3. The van der Waals surface area contributed by atoms with Gasteiger partial charge in [0.2, 0.25) is 0 Å². The number of nitrogens with two attached hydrogens (primary N) is 1. The Labute approximate surface area is 126 Å². The zero-order valence-corrected chi connectivity index (χ0v) is 13.3. The third-order valence-corrected chi connectivity index (χ3v) is 3.40. The van der Waals surface area contributed by atoms with Crippen molar-refractivity contribution in [2.75, 3.05) is 26.7 Å². The van der Waals surface area contributed by atoms with E-state index in [1.165, 1.54) is 7.11 Å². The average molecular weight is 294 g/mol. The number of nitrogens with zero attached hydrogens (tertiary/aromatic N) is 1. The van der Waals surface area contributed by atoms with E-state index in [-0.39, 0.29) is 22.6 Å². The minimum absolute atomic E-state index is 0.114. The van der Waals surface area contributed by atoms with Crippen LogP contribution in [0, 0.1) is 5.41 Å². The third kappa shape index (κ3) is 4.36. The van der Waals surface area contributed by atoms with Crippen molar-refractivity contribution in [1.29, 1.82) is 0 Å². The fraction of sp³-hybridized carbons (Fsp3) is 0.562. The SMILES string of the molecule is CCCN(CC(C)(C)CN)C(=O)c1cccc(OC)c1O. The van der Waals surface area contributed by atoms with Gasteiger partial charge in [0, 0.05) is 13.1 Å². The van der Waals surface area contributed by atoms with Gasteiger partial charge in [-0.25, -0.2) is 0 Å². The molecule has 1 amide bonds. The molecule has 21 heavy (non-hydrogen) atoms. The number of phenols is 1. The first-order valence-electron chi connectivity index (χ1n) is 7.21. The summed E-state index contributed by atoms with van der Waals surface area (Å²) in [6.07, 6.45) is 0.844. The van der Waals surface area contributed by atoms with Crippen LogP contribution in [0.5, 0.6) is 11.5 Å². The van der Waals surface area contributed by atoms with Crippen LogP contribution < -0.4 is 10.5 Å². The topological polar surface area (TPSA) is 75.8 Å². The maximum Gasteiger partial charge on any atom is 0.257 e. The van der Waals surface area contributed by atoms with E-state index in [4.69, 9.17) is 10.5 Å². The molecule has 1 rings (SSSR count). The average Bonchev–Trinajstić information content (AvgIpc) is 2.46. The van der Waals surface area contributed by atoms with Gasteiger partial charge < -0.3 is 20.5 Å². The van der Waals surface area contributed by atoms with E-state index >= 15 is 0 Å². The van der Waals surface area contributed by atoms with Crippen molar-refractivity contribution in [3.63, 3.8) is 0 Å². The molecule has 0 aliphatic carbocycles. The van der Waals surface area contributed by atoms with Crippen molar-refractivity contribution >= 4 is 5.91 Å². The smallest absolute Gasteiger partial charge is 0.257 e. The second kappa shape index (κ2) is 7.31. The fourth-order valence-electron chi connectivity index (χ4n) is 2.13. The number of methoxy groups -OCH3 is 1. The summed E-state index contributed by atoms with van der Waals surface area (Å²) in [5, 5.41) is 10.1. The highest BCUT2D eigenvalue weighted by atomic mass is 16.5. The first-order chi connectivity index (χ1) is 9.86. The lowest BCUT2D eigenvalue weighted by Gasteiger charge is -2.32. The largest absolute Gasteiger partial charge is 0.504 e. The van der Waals surface area contributed by atoms with Crippen LogP contribution in [0.2, 0.25) is 0 Å². The first kappa shape index (κ1) is 17.3. The van der Waals surface area contributed by atoms with Crippen LogP contribution in [0.1, 0.15) is 37.6 Å². The Morgan fingerprint density at radius 1 is 1.43 bits per heavy atom. The molecule has 1 aromatic rings. The normalized spacial score (nSPS) is 11.3. The van der Waals surface area contributed by atoms with Gasteiger partial charge in [0.15, 0.2) is 11.5 Å². The summed E-state index contributed by atoms with van der Waals surface area (Å²) in [6, 6.07) is 4.93. The Morgan fingerprint density at radius 2 is 2.10 bits per heavy atom. The molecule has 0 heterocycles. The summed E-state index contributed by atoms with van der Waals surface area (Å²) in [7, 11) is 1.46. The molecule has 0 spiro atoms. The summed E-state index contributed by atoms with van der Waals surface area (Å²) in [5.41, 5.74) is 5.85. The monoisotopic (exact) mass is 294 g/mol.